The summed E-state index contributed by atoms with van der Waals surface area (Å²) in [6.07, 6.45) is 2.09. The summed E-state index contributed by atoms with van der Waals surface area (Å²) in [5.74, 6) is -1.20. The zero-order valence-electron chi connectivity index (χ0n) is 14.5. The number of carbonyl (C=O) groups is 1. The van der Waals surface area contributed by atoms with E-state index >= 15 is 0 Å². The van der Waals surface area contributed by atoms with E-state index in [0.717, 1.165) is 11.6 Å². The smallest absolute Gasteiger partial charge is 0.222 e. The van der Waals surface area contributed by atoms with Crippen LogP contribution in [0.25, 0.3) is 0 Å². The van der Waals surface area contributed by atoms with Gasteiger partial charge in [0.15, 0.2) is 11.6 Å². The summed E-state index contributed by atoms with van der Waals surface area (Å²) in [5.41, 5.74) is 7.58. The average Bonchev–Trinajstić information content (AvgIpc) is 2.64. The fraction of sp³-hybridized carbons (Fsp3) is 0.350. The summed E-state index contributed by atoms with van der Waals surface area (Å²) in [6, 6.07) is 10.8. The highest BCUT2D eigenvalue weighted by Gasteiger charge is 2.24. The number of likely N-dealkylation sites (tertiary alicyclic amines) is 1. The van der Waals surface area contributed by atoms with E-state index in [0.29, 0.717) is 44.5 Å². The minimum Gasteiger partial charge on any atom is -0.487 e. The molecule has 1 saturated heterocycles. The van der Waals surface area contributed by atoms with Gasteiger partial charge < -0.3 is 15.4 Å². The van der Waals surface area contributed by atoms with Crippen LogP contribution in [0.15, 0.2) is 42.5 Å². The summed E-state index contributed by atoms with van der Waals surface area (Å²) >= 11 is 0. The van der Waals surface area contributed by atoms with Gasteiger partial charge in [0.05, 0.1) is 0 Å². The number of ether oxygens (including phenoxy) is 1. The molecule has 1 aliphatic rings. The van der Waals surface area contributed by atoms with Crippen molar-refractivity contribution < 1.29 is 18.3 Å². The van der Waals surface area contributed by atoms with Crippen LogP contribution in [0.2, 0.25) is 0 Å². The maximum absolute atomic E-state index is 13.7. The molecule has 1 heterocycles. The van der Waals surface area contributed by atoms with Crippen LogP contribution in [-0.4, -0.2) is 30.0 Å². The normalized spacial score (nSPS) is 15.1. The molecule has 6 heteroatoms. The molecule has 26 heavy (non-hydrogen) atoms. The standard InChI is InChI=1S/C20H22F2N2O2/c21-15-6-7-19(17(22)13-15)26-16-9-11-24(12-10-16)20(25)8-5-14-3-1-2-4-18(14)23/h1-4,6-7,13,16H,5,8-12,23H2. The van der Waals surface area contributed by atoms with E-state index in [1.54, 1.807) is 4.90 Å². The van der Waals surface area contributed by atoms with Crippen LogP contribution in [0, 0.1) is 11.6 Å². The highest BCUT2D eigenvalue weighted by Crippen LogP contribution is 2.23. The SMILES string of the molecule is Nc1ccccc1CCC(=O)N1CCC(Oc2ccc(F)cc2F)CC1. The van der Waals surface area contributed by atoms with Crippen molar-refractivity contribution in [3.05, 3.63) is 59.7 Å². The quantitative estimate of drug-likeness (QED) is 0.830. The second-order valence-electron chi connectivity index (χ2n) is 6.47. The molecule has 2 aromatic carbocycles. The lowest BCUT2D eigenvalue weighted by atomic mass is 10.0. The molecule has 2 N–H and O–H groups in total. The molecule has 4 nitrogen and oxygen atoms in total. The van der Waals surface area contributed by atoms with E-state index in [1.165, 1.54) is 12.1 Å². The zero-order valence-corrected chi connectivity index (χ0v) is 14.5. The number of para-hydroxylation sites is 1. The predicted molar refractivity (Wildman–Crippen MR) is 95.8 cm³/mol. The highest BCUT2D eigenvalue weighted by atomic mass is 19.1. The third-order valence-electron chi connectivity index (χ3n) is 4.65. The van der Waals surface area contributed by atoms with Gasteiger partial charge in [0, 0.05) is 44.1 Å². The van der Waals surface area contributed by atoms with Crippen molar-refractivity contribution >= 4 is 11.6 Å². The number of aryl methyl sites for hydroxylation is 1. The van der Waals surface area contributed by atoms with Gasteiger partial charge in [-0.05, 0) is 30.2 Å². The number of anilines is 1. The first kappa shape index (κ1) is 18.2. The molecule has 0 bridgehead atoms. The Kier molecular flexibility index (Phi) is 5.71. The highest BCUT2D eigenvalue weighted by molar-refractivity contribution is 5.76. The van der Waals surface area contributed by atoms with Crippen LogP contribution in [0.3, 0.4) is 0 Å². The number of rotatable bonds is 5. The Morgan fingerprint density at radius 2 is 1.88 bits per heavy atom. The molecular weight excluding hydrogens is 338 g/mol. The van der Waals surface area contributed by atoms with Crippen molar-refractivity contribution in [3.8, 4) is 5.75 Å². The molecule has 0 spiro atoms. The van der Waals surface area contributed by atoms with E-state index in [-0.39, 0.29) is 17.8 Å². The number of nitrogens with zero attached hydrogens (tertiary/aromatic N) is 1. The van der Waals surface area contributed by atoms with Gasteiger partial charge in [-0.1, -0.05) is 18.2 Å². The van der Waals surface area contributed by atoms with Gasteiger partial charge in [0.1, 0.15) is 11.9 Å². The number of hydrogen-bond donors (Lipinski definition) is 1. The molecule has 3 rings (SSSR count). The van der Waals surface area contributed by atoms with Crippen LogP contribution >= 0.6 is 0 Å². The maximum atomic E-state index is 13.7. The molecule has 0 unspecified atom stereocenters. The van der Waals surface area contributed by atoms with Gasteiger partial charge in [-0.25, -0.2) is 8.78 Å². The molecule has 1 aliphatic heterocycles. The summed E-state index contributed by atoms with van der Waals surface area (Å²) < 4.78 is 32.2. The van der Waals surface area contributed by atoms with Crippen LogP contribution in [-0.2, 0) is 11.2 Å². The van der Waals surface area contributed by atoms with Gasteiger partial charge in [0.2, 0.25) is 5.91 Å². The summed E-state index contributed by atoms with van der Waals surface area (Å²) in [5, 5.41) is 0. The molecule has 0 aromatic heterocycles. The van der Waals surface area contributed by atoms with E-state index in [9.17, 15) is 13.6 Å². The molecule has 2 aromatic rings. The van der Waals surface area contributed by atoms with Gasteiger partial charge in [-0.3, -0.25) is 4.79 Å². The van der Waals surface area contributed by atoms with Crippen molar-refractivity contribution in [1.29, 1.82) is 0 Å². The monoisotopic (exact) mass is 360 g/mol. The third-order valence-corrected chi connectivity index (χ3v) is 4.65. The average molecular weight is 360 g/mol. The number of nitrogen functional groups attached to an aromatic ring is 1. The van der Waals surface area contributed by atoms with Gasteiger partial charge in [0.25, 0.3) is 0 Å². The van der Waals surface area contributed by atoms with Crippen LogP contribution < -0.4 is 10.5 Å². The summed E-state index contributed by atoms with van der Waals surface area (Å²) in [7, 11) is 0. The maximum Gasteiger partial charge on any atom is 0.222 e. The van der Waals surface area contributed by atoms with Crippen molar-refractivity contribution in [1.82, 2.24) is 4.90 Å². The second-order valence-corrected chi connectivity index (χ2v) is 6.47. The molecule has 0 atom stereocenters. The zero-order chi connectivity index (χ0) is 18.5. The molecule has 1 fully saturated rings. The van der Waals surface area contributed by atoms with Crippen LogP contribution in [0.5, 0.6) is 5.75 Å². The molecule has 0 aliphatic carbocycles. The third kappa shape index (κ3) is 4.50. The predicted octanol–water partition coefficient (Wildman–Crippen LogP) is 3.55. The lowest BCUT2D eigenvalue weighted by Crippen LogP contribution is -2.41. The number of amides is 1. The van der Waals surface area contributed by atoms with Crippen molar-refractivity contribution in [3.63, 3.8) is 0 Å². The Hall–Kier alpha value is -2.63. The fourth-order valence-electron chi connectivity index (χ4n) is 3.13. The van der Waals surface area contributed by atoms with Crippen LogP contribution in [0.1, 0.15) is 24.8 Å². The van der Waals surface area contributed by atoms with E-state index in [2.05, 4.69) is 0 Å². The molecule has 138 valence electrons. The number of nitrogens with two attached hydrogens (primary N) is 1. The van der Waals surface area contributed by atoms with Gasteiger partial charge in [-0.2, -0.15) is 0 Å². The Balaban J connectivity index is 1.47. The van der Waals surface area contributed by atoms with Gasteiger partial charge in [-0.15, -0.1) is 0 Å². The lowest BCUT2D eigenvalue weighted by Gasteiger charge is -2.32. The first-order valence-electron chi connectivity index (χ1n) is 8.76. The van der Waals surface area contributed by atoms with E-state index in [4.69, 9.17) is 10.5 Å². The molecule has 0 radical (unpaired) electrons. The first-order valence-corrected chi connectivity index (χ1v) is 8.76. The first-order chi connectivity index (χ1) is 12.5. The summed E-state index contributed by atoms with van der Waals surface area (Å²) in [6.45, 7) is 1.13. The van der Waals surface area contributed by atoms with Crippen molar-refractivity contribution in [2.45, 2.75) is 31.8 Å². The van der Waals surface area contributed by atoms with Crippen molar-refractivity contribution in [2.24, 2.45) is 0 Å². The largest absolute Gasteiger partial charge is 0.487 e. The number of halogens is 2. The Bertz CT molecular complexity index is 774. The number of hydrogen-bond acceptors (Lipinski definition) is 3. The number of piperidine rings is 1. The van der Waals surface area contributed by atoms with E-state index in [1.807, 2.05) is 24.3 Å². The minimum atomic E-state index is -0.705. The Morgan fingerprint density at radius 3 is 2.58 bits per heavy atom. The number of benzene rings is 2. The molecule has 1 amide bonds. The van der Waals surface area contributed by atoms with E-state index < -0.39 is 11.6 Å². The van der Waals surface area contributed by atoms with Crippen molar-refractivity contribution in [2.75, 3.05) is 18.8 Å². The molecular formula is C20H22F2N2O2. The lowest BCUT2D eigenvalue weighted by molar-refractivity contribution is -0.132. The topological polar surface area (TPSA) is 55.6 Å². The van der Waals surface area contributed by atoms with Crippen LogP contribution in [0.4, 0.5) is 14.5 Å². The minimum absolute atomic E-state index is 0.0516. The molecule has 0 saturated carbocycles. The Morgan fingerprint density at radius 1 is 1.15 bits per heavy atom. The summed E-state index contributed by atoms with van der Waals surface area (Å²) in [4.78, 5) is 14.2. The van der Waals surface area contributed by atoms with Gasteiger partial charge >= 0.3 is 0 Å². The Labute approximate surface area is 151 Å². The number of carbonyl (C=O) groups excluding carboxylic acids is 1. The second kappa shape index (κ2) is 8.17. The fourth-order valence-corrected chi connectivity index (χ4v) is 3.13.